The smallest absolute Gasteiger partial charge is 0.129 e. The number of nitrogens with one attached hydrogen (secondary N) is 1. The highest BCUT2D eigenvalue weighted by molar-refractivity contribution is 5.43. The third-order valence-corrected chi connectivity index (χ3v) is 3.15. The van der Waals surface area contributed by atoms with Gasteiger partial charge in [0, 0.05) is 31.4 Å². The molecule has 2 rings (SSSR count). The highest BCUT2D eigenvalue weighted by Gasteiger charge is 2.28. The number of rotatable bonds is 6. The SMILES string of the molecule is CCN(c1cc(CNC(C)C)ccn1)C1CC1. The fourth-order valence-electron chi connectivity index (χ4n) is 2.04. The minimum absolute atomic E-state index is 0.525. The molecule has 94 valence electrons. The average Bonchev–Trinajstić information content (AvgIpc) is 3.12. The number of anilines is 1. The molecular weight excluding hydrogens is 210 g/mol. The van der Waals surface area contributed by atoms with Gasteiger partial charge >= 0.3 is 0 Å². The van der Waals surface area contributed by atoms with Crippen molar-refractivity contribution in [1.29, 1.82) is 0 Å². The predicted molar refractivity (Wildman–Crippen MR) is 72.3 cm³/mol. The Labute approximate surface area is 104 Å². The molecule has 17 heavy (non-hydrogen) atoms. The van der Waals surface area contributed by atoms with Crippen LogP contribution in [0, 0.1) is 0 Å². The molecule has 1 saturated carbocycles. The van der Waals surface area contributed by atoms with Gasteiger partial charge in [-0.1, -0.05) is 13.8 Å². The molecule has 1 aliphatic rings. The first-order chi connectivity index (χ1) is 8.20. The minimum Gasteiger partial charge on any atom is -0.354 e. The second kappa shape index (κ2) is 5.50. The highest BCUT2D eigenvalue weighted by atomic mass is 15.2. The molecule has 1 aromatic rings. The lowest BCUT2D eigenvalue weighted by molar-refractivity contribution is 0.588. The summed E-state index contributed by atoms with van der Waals surface area (Å²) in [7, 11) is 0. The van der Waals surface area contributed by atoms with Gasteiger partial charge < -0.3 is 10.2 Å². The molecular formula is C14H23N3. The fourth-order valence-corrected chi connectivity index (χ4v) is 2.04. The van der Waals surface area contributed by atoms with Crippen LogP contribution in [0.5, 0.6) is 0 Å². The Morgan fingerprint density at radius 1 is 1.47 bits per heavy atom. The van der Waals surface area contributed by atoms with E-state index in [4.69, 9.17) is 0 Å². The van der Waals surface area contributed by atoms with Crippen LogP contribution in [-0.4, -0.2) is 23.6 Å². The van der Waals surface area contributed by atoms with E-state index in [0.29, 0.717) is 6.04 Å². The van der Waals surface area contributed by atoms with Crippen LogP contribution in [0.25, 0.3) is 0 Å². The van der Waals surface area contributed by atoms with E-state index in [0.717, 1.165) is 24.9 Å². The van der Waals surface area contributed by atoms with Gasteiger partial charge in [-0.15, -0.1) is 0 Å². The van der Waals surface area contributed by atoms with Crippen molar-refractivity contribution in [2.75, 3.05) is 11.4 Å². The second-order valence-corrected chi connectivity index (χ2v) is 5.08. The van der Waals surface area contributed by atoms with E-state index in [9.17, 15) is 0 Å². The molecule has 1 N–H and O–H groups in total. The first kappa shape index (κ1) is 12.4. The van der Waals surface area contributed by atoms with Crippen molar-refractivity contribution in [1.82, 2.24) is 10.3 Å². The fraction of sp³-hybridized carbons (Fsp3) is 0.643. The predicted octanol–water partition coefficient (Wildman–Crippen LogP) is 2.57. The zero-order valence-corrected chi connectivity index (χ0v) is 11.1. The molecule has 1 aromatic heterocycles. The Kier molecular flexibility index (Phi) is 4.00. The normalized spacial score (nSPS) is 15.3. The van der Waals surface area contributed by atoms with Gasteiger partial charge in [0.15, 0.2) is 0 Å². The van der Waals surface area contributed by atoms with Crippen LogP contribution in [0.15, 0.2) is 18.3 Å². The molecule has 0 bridgehead atoms. The number of nitrogens with zero attached hydrogens (tertiary/aromatic N) is 2. The van der Waals surface area contributed by atoms with Gasteiger partial charge in [-0.05, 0) is 37.5 Å². The lowest BCUT2D eigenvalue weighted by Gasteiger charge is -2.22. The minimum atomic E-state index is 0.525. The molecule has 1 aliphatic carbocycles. The first-order valence-corrected chi connectivity index (χ1v) is 6.65. The zero-order valence-electron chi connectivity index (χ0n) is 11.1. The molecule has 0 atom stereocenters. The van der Waals surface area contributed by atoms with Gasteiger partial charge in [-0.25, -0.2) is 4.98 Å². The lowest BCUT2D eigenvalue weighted by atomic mass is 10.2. The standard InChI is InChI=1S/C14H23N3/c1-4-17(13-5-6-13)14-9-12(7-8-15-14)10-16-11(2)3/h7-9,11,13,16H,4-6,10H2,1-3H3. The van der Waals surface area contributed by atoms with E-state index >= 15 is 0 Å². The Balaban J connectivity index is 2.04. The van der Waals surface area contributed by atoms with E-state index in [1.807, 2.05) is 6.20 Å². The molecule has 0 amide bonds. The Morgan fingerprint density at radius 3 is 2.82 bits per heavy atom. The van der Waals surface area contributed by atoms with Gasteiger partial charge in [-0.3, -0.25) is 0 Å². The summed E-state index contributed by atoms with van der Waals surface area (Å²) in [6.07, 6.45) is 4.58. The van der Waals surface area contributed by atoms with E-state index in [1.165, 1.54) is 18.4 Å². The van der Waals surface area contributed by atoms with Crippen LogP contribution in [0.3, 0.4) is 0 Å². The highest BCUT2D eigenvalue weighted by Crippen LogP contribution is 2.30. The monoisotopic (exact) mass is 233 g/mol. The Morgan fingerprint density at radius 2 is 2.24 bits per heavy atom. The molecule has 0 unspecified atom stereocenters. The molecule has 0 spiro atoms. The van der Waals surface area contributed by atoms with Crippen LogP contribution in [0.4, 0.5) is 5.82 Å². The average molecular weight is 233 g/mol. The summed E-state index contributed by atoms with van der Waals surface area (Å²) in [5.41, 5.74) is 1.32. The summed E-state index contributed by atoms with van der Waals surface area (Å²) in [5, 5.41) is 3.44. The van der Waals surface area contributed by atoms with Crippen molar-refractivity contribution < 1.29 is 0 Å². The summed E-state index contributed by atoms with van der Waals surface area (Å²) in [4.78, 5) is 6.91. The van der Waals surface area contributed by atoms with Crippen LogP contribution >= 0.6 is 0 Å². The van der Waals surface area contributed by atoms with Gasteiger partial charge in [0.2, 0.25) is 0 Å². The van der Waals surface area contributed by atoms with Gasteiger partial charge in [0.25, 0.3) is 0 Å². The maximum Gasteiger partial charge on any atom is 0.129 e. The number of pyridine rings is 1. The molecule has 0 radical (unpaired) electrons. The van der Waals surface area contributed by atoms with Crippen molar-refractivity contribution in [3.8, 4) is 0 Å². The van der Waals surface area contributed by atoms with Crippen LogP contribution in [0.2, 0.25) is 0 Å². The molecule has 1 fully saturated rings. The van der Waals surface area contributed by atoms with E-state index in [2.05, 4.69) is 48.1 Å². The number of aromatic nitrogens is 1. The number of hydrogen-bond donors (Lipinski definition) is 1. The van der Waals surface area contributed by atoms with Crippen molar-refractivity contribution in [3.05, 3.63) is 23.9 Å². The van der Waals surface area contributed by atoms with Crippen molar-refractivity contribution in [2.45, 2.75) is 52.2 Å². The molecule has 1 heterocycles. The number of hydrogen-bond acceptors (Lipinski definition) is 3. The molecule has 0 aromatic carbocycles. The summed E-state index contributed by atoms with van der Waals surface area (Å²) in [5.74, 6) is 1.14. The van der Waals surface area contributed by atoms with Gasteiger partial charge in [-0.2, -0.15) is 0 Å². The van der Waals surface area contributed by atoms with Crippen LogP contribution in [-0.2, 0) is 6.54 Å². The topological polar surface area (TPSA) is 28.2 Å². The van der Waals surface area contributed by atoms with E-state index in [1.54, 1.807) is 0 Å². The largest absolute Gasteiger partial charge is 0.354 e. The quantitative estimate of drug-likeness (QED) is 0.818. The summed E-state index contributed by atoms with van der Waals surface area (Å²) in [6, 6.07) is 5.58. The first-order valence-electron chi connectivity index (χ1n) is 6.65. The molecule has 3 heteroatoms. The maximum atomic E-state index is 4.50. The van der Waals surface area contributed by atoms with Crippen molar-refractivity contribution in [3.63, 3.8) is 0 Å². The van der Waals surface area contributed by atoms with E-state index in [-0.39, 0.29) is 0 Å². The summed E-state index contributed by atoms with van der Waals surface area (Å²) in [6.45, 7) is 8.53. The Hall–Kier alpha value is -1.09. The molecule has 3 nitrogen and oxygen atoms in total. The van der Waals surface area contributed by atoms with E-state index < -0.39 is 0 Å². The summed E-state index contributed by atoms with van der Waals surface area (Å²) < 4.78 is 0. The van der Waals surface area contributed by atoms with Gasteiger partial charge in [0.1, 0.15) is 5.82 Å². The third-order valence-electron chi connectivity index (χ3n) is 3.15. The third kappa shape index (κ3) is 3.43. The maximum absolute atomic E-state index is 4.50. The Bertz CT molecular complexity index is 358. The van der Waals surface area contributed by atoms with Gasteiger partial charge in [0.05, 0.1) is 0 Å². The molecule has 0 saturated heterocycles. The molecule has 0 aliphatic heterocycles. The lowest BCUT2D eigenvalue weighted by Crippen LogP contribution is -2.26. The zero-order chi connectivity index (χ0) is 12.3. The summed E-state index contributed by atoms with van der Waals surface area (Å²) >= 11 is 0. The second-order valence-electron chi connectivity index (χ2n) is 5.08. The van der Waals surface area contributed by atoms with Crippen molar-refractivity contribution >= 4 is 5.82 Å². The van der Waals surface area contributed by atoms with Crippen LogP contribution < -0.4 is 10.2 Å². The van der Waals surface area contributed by atoms with Crippen LogP contribution in [0.1, 0.15) is 39.2 Å². The van der Waals surface area contributed by atoms with Crippen molar-refractivity contribution in [2.24, 2.45) is 0 Å².